The zero-order chi connectivity index (χ0) is 10.8. The van der Waals surface area contributed by atoms with Crippen LogP contribution in [0.2, 0.25) is 0 Å². The van der Waals surface area contributed by atoms with Crippen molar-refractivity contribution in [3.63, 3.8) is 0 Å². The second-order valence-corrected chi connectivity index (χ2v) is 4.00. The maximum atomic E-state index is 10.5. The second kappa shape index (κ2) is 4.00. The van der Waals surface area contributed by atoms with E-state index in [-0.39, 0.29) is 18.3 Å². The summed E-state index contributed by atoms with van der Waals surface area (Å²) in [6.07, 6.45) is 2.87. The summed E-state index contributed by atoms with van der Waals surface area (Å²) >= 11 is 0. The van der Waals surface area contributed by atoms with Gasteiger partial charge in [-0.05, 0) is 18.8 Å². The summed E-state index contributed by atoms with van der Waals surface area (Å²) < 4.78 is 5.10. The molecule has 1 aromatic rings. The highest BCUT2D eigenvalue weighted by atomic mass is 16.5. The minimum absolute atomic E-state index is 0.180. The average Bonchev–Trinajstić information content (AvgIpc) is 2.76. The normalized spacial score (nSPS) is 24.1. The third kappa shape index (κ3) is 2.34. The number of hydrogen-bond acceptors (Lipinski definition) is 4. The summed E-state index contributed by atoms with van der Waals surface area (Å²) in [5.41, 5.74) is 0. The minimum atomic E-state index is -0.754. The molecule has 0 amide bonds. The lowest BCUT2D eigenvalue weighted by molar-refractivity contribution is -0.137. The topological polar surface area (TPSA) is 76.2 Å². The minimum Gasteiger partial charge on any atom is -0.481 e. The van der Waals surface area contributed by atoms with Gasteiger partial charge in [-0.15, -0.1) is 0 Å². The van der Waals surface area contributed by atoms with Crippen molar-refractivity contribution in [1.82, 2.24) is 10.1 Å². The number of carboxylic acids is 1. The monoisotopic (exact) mass is 210 g/mol. The lowest BCUT2D eigenvalue weighted by atomic mass is 10.2. The van der Waals surface area contributed by atoms with Crippen LogP contribution in [-0.2, 0) is 11.2 Å². The third-order valence-electron chi connectivity index (χ3n) is 2.63. The fourth-order valence-corrected chi connectivity index (χ4v) is 1.74. The highest BCUT2D eigenvalue weighted by Crippen LogP contribution is 2.48. The molecular formula is C10H14N2O3. The number of aliphatic carboxylic acids is 1. The maximum absolute atomic E-state index is 10.5. The van der Waals surface area contributed by atoms with Crippen LogP contribution < -0.4 is 0 Å². The van der Waals surface area contributed by atoms with Gasteiger partial charge in [0.2, 0.25) is 5.89 Å². The van der Waals surface area contributed by atoms with E-state index < -0.39 is 5.97 Å². The standard InChI is InChI=1S/C10H14N2O3/c1-2-3-8-11-10(15-12-8)7-4-6(7)5-9(13)14/h6-7H,2-5H2,1H3,(H,13,14). The molecule has 0 bridgehead atoms. The molecule has 0 radical (unpaired) electrons. The molecule has 0 aromatic carbocycles. The molecule has 2 atom stereocenters. The molecular weight excluding hydrogens is 196 g/mol. The van der Waals surface area contributed by atoms with Crippen LogP contribution in [0.15, 0.2) is 4.52 Å². The first-order valence-electron chi connectivity index (χ1n) is 5.25. The molecule has 0 spiro atoms. The molecule has 1 fully saturated rings. The molecule has 1 aliphatic carbocycles. The van der Waals surface area contributed by atoms with E-state index in [0.717, 1.165) is 25.1 Å². The SMILES string of the molecule is CCCc1noc(C2CC2CC(=O)O)n1. The van der Waals surface area contributed by atoms with Gasteiger partial charge in [-0.3, -0.25) is 4.79 Å². The predicted octanol–water partition coefficient (Wildman–Crippen LogP) is 1.60. The Morgan fingerprint density at radius 2 is 2.47 bits per heavy atom. The van der Waals surface area contributed by atoms with Crippen LogP contribution in [0.25, 0.3) is 0 Å². The van der Waals surface area contributed by atoms with E-state index in [1.807, 2.05) is 0 Å². The van der Waals surface area contributed by atoms with Gasteiger partial charge in [0.25, 0.3) is 0 Å². The molecule has 1 aliphatic rings. The molecule has 5 heteroatoms. The molecule has 1 aromatic heterocycles. The number of aromatic nitrogens is 2. The van der Waals surface area contributed by atoms with Crippen LogP contribution in [-0.4, -0.2) is 21.2 Å². The van der Waals surface area contributed by atoms with Gasteiger partial charge in [0, 0.05) is 18.8 Å². The van der Waals surface area contributed by atoms with Crippen LogP contribution in [0.4, 0.5) is 0 Å². The van der Waals surface area contributed by atoms with Gasteiger partial charge < -0.3 is 9.63 Å². The number of carboxylic acid groups (broad SMARTS) is 1. The Bertz CT molecular complexity index is 361. The quantitative estimate of drug-likeness (QED) is 0.798. The molecule has 15 heavy (non-hydrogen) atoms. The van der Waals surface area contributed by atoms with Crippen LogP contribution in [0.3, 0.4) is 0 Å². The number of aryl methyl sites for hydroxylation is 1. The maximum Gasteiger partial charge on any atom is 0.303 e. The zero-order valence-electron chi connectivity index (χ0n) is 8.64. The molecule has 5 nitrogen and oxygen atoms in total. The van der Waals surface area contributed by atoms with Crippen molar-refractivity contribution >= 4 is 5.97 Å². The van der Waals surface area contributed by atoms with Gasteiger partial charge in [-0.25, -0.2) is 0 Å². The number of hydrogen-bond donors (Lipinski definition) is 1. The molecule has 1 saturated carbocycles. The van der Waals surface area contributed by atoms with E-state index in [9.17, 15) is 4.79 Å². The van der Waals surface area contributed by atoms with E-state index in [1.54, 1.807) is 0 Å². The number of carbonyl (C=O) groups is 1. The Labute approximate surface area is 87.5 Å². The third-order valence-corrected chi connectivity index (χ3v) is 2.63. The molecule has 2 rings (SSSR count). The van der Waals surface area contributed by atoms with Crippen LogP contribution in [0, 0.1) is 5.92 Å². The zero-order valence-corrected chi connectivity index (χ0v) is 8.64. The van der Waals surface area contributed by atoms with Gasteiger partial charge in [0.15, 0.2) is 5.82 Å². The van der Waals surface area contributed by atoms with Gasteiger partial charge in [0.1, 0.15) is 0 Å². The molecule has 1 heterocycles. The predicted molar refractivity (Wildman–Crippen MR) is 51.4 cm³/mol. The molecule has 0 saturated heterocycles. The molecule has 82 valence electrons. The van der Waals surface area contributed by atoms with Crippen molar-refractivity contribution in [1.29, 1.82) is 0 Å². The largest absolute Gasteiger partial charge is 0.481 e. The average molecular weight is 210 g/mol. The van der Waals surface area contributed by atoms with Crippen molar-refractivity contribution < 1.29 is 14.4 Å². The Kier molecular flexibility index (Phi) is 2.70. The summed E-state index contributed by atoms with van der Waals surface area (Å²) in [6, 6.07) is 0. The fraction of sp³-hybridized carbons (Fsp3) is 0.700. The summed E-state index contributed by atoms with van der Waals surface area (Å²) in [4.78, 5) is 14.7. The second-order valence-electron chi connectivity index (χ2n) is 4.00. The molecule has 2 unspecified atom stereocenters. The van der Waals surface area contributed by atoms with Crippen molar-refractivity contribution in [2.45, 2.75) is 38.5 Å². The van der Waals surface area contributed by atoms with Gasteiger partial charge in [-0.2, -0.15) is 4.98 Å². The van der Waals surface area contributed by atoms with Gasteiger partial charge in [-0.1, -0.05) is 12.1 Å². The lowest BCUT2D eigenvalue weighted by Crippen LogP contribution is -1.96. The van der Waals surface area contributed by atoms with Crippen molar-refractivity contribution in [3.8, 4) is 0 Å². The van der Waals surface area contributed by atoms with Crippen molar-refractivity contribution in [2.24, 2.45) is 5.92 Å². The smallest absolute Gasteiger partial charge is 0.303 e. The highest BCUT2D eigenvalue weighted by molar-refractivity contribution is 5.67. The van der Waals surface area contributed by atoms with Crippen LogP contribution in [0.1, 0.15) is 43.8 Å². The molecule has 1 N–H and O–H groups in total. The van der Waals surface area contributed by atoms with Crippen molar-refractivity contribution in [3.05, 3.63) is 11.7 Å². The first-order chi connectivity index (χ1) is 7.20. The summed E-state index contributed by atoms with van der Waals surface area (Å²) in [7, 11) is 0. The Morgan fingerprint density at radius 3 is 3.13 bits per heavy atom. The highest BCUT2D eigenvalue weighted by Gasteiger charge is 2.43. The van der Waals surface area contributed by atoms with Crippen molar-refractivity contribution in [2.75, 3.05) is 0 Å². The number of rotatable bonds is 5. The summed E-state index contributed by atoms with van der Waals surface area (Å²) in [5, 5.41) is 12.5. The van der Waals surface area contributed by atoms with Crippen LogP contribution in [0.5, 0.6) is 0 Å². The van der Waals surface area contributed by atoms with E-state index in [1.165, 1.54) is 0 Å². The Balaban J connectivity index is 1.92. The summed E-state index contributed by atoms with van der Waals surface area (Å²) in [5.74, 6) is 0.964. The number of nitrogens with zero attached hydrogens (tertiary/aromatic N) is 2. The Hall–Kier alpha value is -1.39. The van der Waals surface area contributed by atoms with Gasteiger partial charge >= 0.3 is 5.97 Å². The first-order valence-corrected chi connectivity index (χ1v) is 5.25. The van der Waals surface area contributed by atoms with E-state index in [2.05, 4.69) is 17.1 Å². The Morgan fingerprint density at radius 1 is 1.67 bits per heavy atom. The van der Waals surface area contributed by atoms with Crippen LogP contribution >= 0.6 is 0 Å². The lowest BCUT2D eigenvalue weighted by Gasteiger charge is -1.89. The van der Waals surface area contributed by atoms with E-state index in [4.69, 9.17) is 9.63 Å². The summed E-state index contributed by atoms with van der Waals surface area (Å²) in [6.45, 7) is 2.06. The first kappa shape index (κ1) is 10.1. The van der Waals surface area contributed by atoms with Gasteiger partial charge in [0.05, 0.1) is 0 Å². The fourth-order valence-electron chi connectivity index (χ4n) is 1.74. The van der Waals surface area contributed by atoms with E-state index in [0.29, 0.717) is 5.89 Å². The van der Waals surface area contributed by atoms with E-state index >= 15 is 0 Å². The molecule has 0 aliphatic heterocycles.